The minimum Gasteiger partial charge on any atom is -0.495 e. The van der Waals surface area contributed by atoms with Crippen LogP contribution in [0.3, 0.4) is 0 Å². The predicted octanol–water partition coefficient (Wildman–Crippen LogP) is 2.52. The minimum atomic E-state index is -0.291. The fraction of sp³-hybridized carbons (Fsp3) is 0.167. The van der Waals surface area contributed by atoms with E-state index in [1.54, 1.807) is 23.6 Å². The number of aromatic nitrogens is 1. The highest BCUT2D eigenvalue weighted by atomic mass is 35.5. The summed E-state index contributed by atoms with van der Waals surface area (Å²) in [5.74, 6) is 0.209. The van der Waals surface area contributed by atoms with Crippen LogP contribution >= 0.6 is 22.9 Å². The molecule has 3 N–H and O–H groups in total. The number of nitrogens with zero attached hydrogens (tertiary/aromatic N) is 1. The van der Waals surface area contributed by atoms with Crippen LogP contribution in [0.25, 0.3) is 0 Å². The van der Waals surface area contributed by atoms with Gasteiger partial charge >= 0.3 is 0 Å². The molecule has 0 bridgehead atoms. The normalized spacial score (nSPS) is 10.3. The molecule has 0 saturated heterocycles. The maximum atomic E-state index is 11.9. The molecule has 2 aromatic rings. The van der Waals surface area contributed by atoms with Gasteiger partial charge in [0.25, 0.3) is 5.91 Å². The van der Waals surface area contributed by atoms with E-state index in [4.69, 9.17) is 22.1 Å². The van der Waals surface area contributed by atoms with E-state index in [1.165, 1.54) is 18.4 Å². The average Bonchev–Trinajstić information content (AvgIpc) is 2.90. The predicted molar refractivity (Wildman–Crippen MR) is 76.0 cm³/mol. The number of hydrogen-bond donors (Lipinski definition) is 2. The van der Waals surface area contributed by atoms with E-state index in [-0.39, 0.29) is 5.91 Å². The van der Waals surface area contributed by atoms with Gasteiger partial charge in [0.2, 0.25) is 0 Å². The first kappa shape index (κ1) is 13.8. The summed E-state index contributed by atoms with van der Waals surface area (Å²) < 4.78 is 5.08. The van der Waals surface area contributed by atoms with Gasteiger partial charge in [0, 0.05) is 23.7 Å². The Hall–Kier alpha value is -1.63. The monoisotopic (exact) mass is 297 g/mol. The van der Waals surface area contributed by atoms with Crippen molar-refractivity contribution in [2.24, 2.45) is 5.73 Å². The highest BCUT2D eigenvalue weighted by Gasteiger charge is 2.11. The molecule has 1 aromatic heterocycles. The number of carbonyl (C=O) groups is 1. The summed E-state index contributed by atoms with van der Waals surface area (Å²) in [6.45, 7) is 0.326. The second-order valence-corrected chi connectivity index (χ2v) is 4.98. The molecule has 0 spiro atoms. The first-order chi connectivity index (χ1) is 9.13. The quantitative estimate of drug-likeness (QED) is 0.909. The molecule has 0 aliphatic carbocycles. The molecular formula is C12H12ClN3O2S. The van der Waals surface area contributed by atoms with Crippen molar-refractivity contribution < 1.29 is 9.53 Å². The Labute approximate surface area is 119 Å². The Bertz CT molecular complexity index is 600. The number of thiazole rings is 1. The molecule has 0 saturated carbocycles. The Morgan fingerprint density at radius 3 is 3.00 bits per heavy atom. The third kappa shape index (κ3) is 3.23. The van der Waals surface area contributed by atoms with Gasteiger partial charge < -0.3 is 15.8 Å². The lowest BCUT2D eigenvalue weighted by Crippen LogP contribution is -2.12. The van der Waals surface area contributed by atoms with Crippen LogP contribution in [0.5, 0.6) is 5.75 Å². The second kappa shape index (κ2) is 6.01. The average molecular weight is 298 g/mol. The van der Waals surface area contributed by atoms with Gasteiger partial charge in [-0.25, -0.2) is 4.98 Å². The zero-order valence-electron chi connectivity index (χ0n) is 10.1. The van der Waals surface area contributed by atoms with Crippen molar-refractivity contribution in [2.45, 2.75) is 6.54 Å². The van der Waals surface area contributed by atoms with E-state index in [2.05, 4.69) is 10.3 Å². The Morgan fingerprint density at radius 1 is 1.58 bits per heavy atom. The SMILES string of the molecule is COc1cc(NC(=O)c2csc(CN)n2)ccc1Cl. The van der Waals surface area contributed by atoms with Gasteiger partial charge in [-0.15, -0.1) is 11.3 Å². The van der Waals surface area contributed by atoms with Crippen LogP contribution in [0.1, 0.15) is 15.5 Å². The van der Waals surface area contributed by atoms with E-state index in [1.807, 2.05) is 0 Å². The van der Waals surface area contributed by atoms with Crippen molar-refractivity contribution in [3.63, 3.8) is 0 Å². The third-order valence-corrected chi connectivity index (χ3v) is 3.55. The second-order valence-electron chi connectivity index (χ2n) is 3.63. The zero-order chi connectivity index (χ0) is 13.8. The molecule has 0 aliphatic rings. The molecule has 100 valence electrons. The fourth-order valence-corrected chi connectivity index (χ4v) is 2.29. The smallest absolute Gasteiger partial charge is 0.275 e. The van der Waals surface area contributed by atoms with Crippen LogP contribution in [-0.4, -0.2) is 18.0 Å². The summed E-state index contributed by atoms with van der Waals surface area (Å²) in [6.07, 6.45) is 0. The van der Waals surface area contributed by atoms with Crippen LogP contribution in [0.4, 0.5) is 5.69 Å². The number of ether oxygens (including phenoxy) is 1. The number of methoxy groups -OCH3 is 1. The summed E-state index contributed by atoms with van der Waals surface area (Å²) in [7, 11) is 1.51. The van der Waals surface area contributed by atoms with E-state index in [9.17, 15) is 4.79 Å². The number of rotatable bonds is 4. The molecule has 0 aliphatic heterocycles. The number of anilines is 1. The van der Waals surface area contributed by atoms with Gasteiger partial charge in [-0.3, -0.25) is 4.79 Å². The Balaban J connectivity index is 2.14. The highest BCUT2D eigenvalue weighted by Crippen LogP contribution is 2.27. The molecule has 5 nitrogen and oxygen atoms in total. The number of amides is 1. The topological polar surface area (TPSA) is 77.2 Å². The number of hydrogen-bond acceptors (Lipinski definition) is 5. The molecule has 1 amide bonds. The Morgan fingerprint density at radius 2 is 2.37 bits per heavy atom. The summed E-state index contributed by atoms with van der Waals surface area (Å²) in [5, 5.41) is 5.60. The summed E-state index contributed by atoms with van der Waals surface area (Å²) in [6, 6.07) is 5.00. The van der Waals surface area contributed by atoms with Crippen molar-refractivity contribution in [2.75, 3.05) is 12.4 Å². The van der Waals surface area contributed by atoms with Crippen LogP contribution in [0.2, 0.25) is 5.02 Å². The molecule has 0 unspecified atom stereocenters. The van der Waals surface area contributed by atoms with Crippen molar-refractivity contribution >= 4 is 34.5 Å². The van der Waals surface area contributed by atoms with Crippen molar-refractivity contribution in [3.8, 4) is 5.75 Å². The standard InChI is InChI=1S/C12H12ClN3O2S/c1-18-10-4-7(2-3-8(10)13)15-12(17)9-6-19-11(5-14)16-9/h2-4,6H,5,14H2,1H3,(H,15,17). The lowest BCUT2D eigenvalue weighted by atomic mass is 10.3. The molecule has 0 atom stereocenters. The molecule has 19 heavy (non-hydrogen) atoms. The number of benzene rings is 1. The van der Waals surface area contributed by atoms with Crippen molar-refractivity contribution in [1.29, 1.82) is 0 Å². The first-order valence-corrected chi connectivity index (χ1v) is 6.69. The van der Waals surface area contributed by atoms with Crippen LogP contribution in [0, 0.1) is 0 Å². The maximum Gasteiger partial charge on any atom is 0.275 e. The van der Waals surface area contributed by atoms with E-state index in [0.717, 1.165) is 5.01 Å². The molecule has 0 fully saturated rings. The molecular weight excluding hydrogens is 286 g/mol. The molecule has 2 rings (SSSR count). The van der Waals surface area contributed by atoms with Crippen LogP contribution in [-0.2, 0) is 6.54 Å². The van der Waals surface area contributed by atoms with Crippen LogP contribution < -0.4 is 15.8 Å². The lowest BCUT2D eigenvalue weighted by molar-refractivity contribution is 0.102. The molecule has 1 heterocycles. The Kier molecular flexibility index (Phi) is 4.36. The zero-order valence-corrected chi connectivity index (χ0v) is 11.7. The fourth-order valence-electron chi connectivity index (χ4n) is 1.44. The summed E-state index contributed by atoms with van der Waals surface area (Å²) >= 11 is 7.27. The number of carbonyl (C=O) groups excluding carboxylic acids is 1. The lowest BCUT2D eigenvalue weighted by Gasteiger charge is -2.07. The van der Waals surface area contributed by atoms with Gasteiger partial charge in [-0.2, -0.15) is 0 Å². The van der Waals surface area contributed by atoms with Gasteiger partial charge in [-0.05, 0) is 12.1 Å². The molecule has 7 heteroatoms. The van der Waals surface area contributed by atoms with Crippen LogP contribution in [0.15, 0.2) is 23.6 Å². The summed E-state index contributed by atoms with van der Waals surface area (Å²) in [5.41, 5.74) is 6.39. The summed E-state index contributed by atoms with van der Waals surface area (Å²) in [4.78, 5) is 16.1. The number of halogens is 1. The largest absolute Gasteiger partial charge is 0.495 e. The van der Waals surface area contributed by atoms with Crippen molar-refractivity contribution in [3.05, 3.63) is 39.3 Å². The first-order valence-electron chi connectivity index (χ1n) is 5.43. The minimum absolute atomic E-state index is 0.291. The number of nitrogens with two attached hydrogens (primary N) is 1. The van der Waals surface area contributed by atoms with E-state index >= 15 is 0 Å². The van der Waals surface area contributed by atoms with Gasteiger partial charge in [0.05, 0.1) is 12.1 Å². The van der Waals surface area contributed by atoms with E-state index in [0.29, 0.717) is 28.7 Å². The van der Waals surface area contributed by atoms with Gasteiger partial charge in [0.1, 0.15) is 16.5 Å². The van der Waals surface area contributed by atoms with E-state index < -0.39 is 0 Å². The molecule has 1 aromatic carbocycles. The third-order valence-electron chi connectivity index (χ3n) is 2.37. The maximum absolute atomic E-state index is 11.9. The number of nitrogens with one attached hydrogen (secondary N) is 1. The van der Waals surface area contributed by atoms with Crippen molar-refractivity contribution in [1.82, 2.24) is 4.98 Å². The van der Waals surface area contributed by atoms with Gasteiger partial charge in [-0.1, -0.05) is 11.6 Å². The molecule has 0 radical (unpaired) electrons. The van der Waals surface area contributed by atoms with Gasteiger partial charge in [0.15, 0.2) is 0 Å². The highest BCUT2D eigenvalue weighted by molar-refractivity contribution is 7.09.